The molecule has 3 aromatic carbocycles. The summed E-state index contributed by atoms with van der Waals surface area (Å²) in [6.07, 6.45) is 5.60. The van der Waals surface area contributed by atoms with Crippen molar-refractivity contribution in [3.8, 4) is 5.75 Å². The summed E-state index contributed by atoms with van der Waals surface area (Å²) in [5, 5.41) is 4.70. The number of thioether (sulfide) groups is 1. The van der Waals surface area contributed by atoms with Gasteiger partial charge in [-0.3, -0.25) is 4.79 Å². The van der Waals surface area contributed by atoms with Gasteiger partial charge in [0.2, 0.25) is 0 Å². The first-order chi connectivity index (χ1) is 17.6. The fourth-order valence-electron chi connectivity index (χ4n) is 3.71. The second-order valence-corrected chi connectivity index (χ2v) is 8.99. The van der Waals surface area contributed by atoms with Gasteiger partial charge in [0.05, 0.1) is 17.7 Å². The van der Waals surface area contributed by atoms with E-state index in [-0.39, 0.29) is 5.91 Å². The number of amidine groups is 1. The van der Waals surface area contributed by atoms with Gasteiger partial charge in [-0.25, -0.2) is 9.89 Å². The van der Waals surface area contributed by atoms with Gasteiger partial charge in [-0.05, 0) is 66.2 Å². The van der Waals surface area contributed by atoms with Crippen molar-refractivity contribution in [3.05, 3.63) is 112 Å². The van der Waals surface area contributed by atoms with Crippen LogP contribution in [0.25, 0.3) is 18.2 Å². The van der Waals surface area contributed by atoms with Gasteiger partial charge in [0.1, 0.15) is 17.1 Å². The largest absolute Gasteiger partial charge is 0.497 e. The first kappa shape index (κ1) is 23.4. The number of aliphatic imine (C=N–C) groups is 1. The Labute approximate surface area is 213 Å². The summed E-state index contributed by atoms with van der Waals surface area (Å²) >= 11 is 1.33. The van der Waals surface area contributed by atoms with Crippen LogP contribution in [-0.4, -0.2) is 23.3 Å². The van der Waals surface area contributed by atoms with Crippen LogP contribution >= 0.6 is 11.8 Å². The highest BCUT2D eigenvalue weighted by atomic mass is 32.2. The van der Waals surface area contributed by atoms with Gasteiger partial charge >= 0.3 is 0 Å². The summed E-state index contributed by atoms with van der Waals surface area (Å²) in [6.45, 7) is 1.82. The number of benzene rings is 3. The predicted molar refractivity (Wildman–Crippen MR) is 146 cm³/mol. The van der Waals surface area contributed by atoms with Crippen LogP contribution in [0.15, 0.2) is 99.3 Å². The molecule has 178 valence electrons. The van der Waals surface area contributed by atoms with E-state index >= 15 is 0 Å². The number of aromatic nitrogens is 1. The monoisotopic (exact) mass is 493 g/mol. The number of hydrogen-bond donors (Lipinski definition) is 0. The lowest BCUT2D eigenvalue weighted by atomic mass is 10.1. The molecule has 6 nitrogen and oxygen atoms in total. The van der Waals surface area contributed by atoms with E-state index in [1.54, 1.807) is 12.0 Å². The Morgan fingerprint density at radius 2 is 1.61 bits per heavy atom. The quantitative estimate of drug-likeness (QED) is 0.271. The molecule has 0 radical (unpaired) electrons. The first-order valence-electron chi connectivity index (χ1n) is 11.3. The maximum Gasteiger partial charge on any atom is 0.271 e. The van der Waals surface area contributed by atoms with E-state index in [4.69, 9.17) is 14.3 Å². The second-order valence-electron chi connectivity index (χ2n) is 7.98. The lowest BCUT2D eigenvalue weighted by Crippen LogP contribution is -2.29. The van der Waals surface area contributed by atoms with Gasteiger partial charge in [0, 0.05) is 0 Å². The highest BCUT2D eigenvalue weighted by Crippen LogP contribution is 2.40. The minimum Gasteiger partial charge on any atom is -0.497 e. The fraction of sp³-hybridized carbons (Fsp3) is 0.0690. The summed E-state index contributed by atoms with van der Waals surface area (Å²) in [5.41, 5.74) is 3.82. The van der Waals surface area contributed by atoms with Gasteiger partial charge in [-0.2, -0.15) is 0 Å². The molecule has 0 saturated carbocycles. The highest BCUT2D eigenvalue weighted by Gasteiger charge is 2.38. The topological polar surface area (TPSA) is 67.9 Å². The van der Waals surface area contributed by atoms with Crippen LogP contribution in [0.2, 0.25) is 0 Å². The molecule has 1 aromatic heterocycles. The van der Waals surface area contributed by atoms with Crippen molar-refractivity contribution in [2.45, 2.75) is 6.92 Å². The van der Waals surface area contributed by atoms with E-state index in [1.165, 1.54) is 11.8 Å². The van der Waals surface area contributed by atoms with Crippen molar-refractivity contribution in [1.29, 1.82) is 0 Å². The standard InChI is InChI=1S/C29H23N3O3S/c1-20-27(25(35-31-20)18-15-21-13-16-24(34-2)17-14-21)32-28(33)26(19-22-9-5-3-6-10-22)36-29(32)30-23-11-7-4-8-12-23/h3-19H,1-2H3/b18-15+,26-19-,30-29?. The maximum atomic E-state index is 13.7. The zero-order valence-corrected chi connectivity index (χ0v) is 20.6. The average Bonchev–Trinajstić information content (AvgIpc) is 3.42. The van der Waals surface area contributed by atoms with Gasteiger partial charge in [-0.1, -0.05) is 71.9 Å². The van der Waals surface area contributed by atoms with Crippen molar-refractivity contribution in [2.24, 2.45) is 4.99 Å². The van der Waals surface area contributed by atoms with Gasteiger partial charge in [0.15, 0.2) is 10.9 Å². The van der Waals surface area contributed by atoms with Crippen LogP contribution in [0.1, 0.15) is 22.6 Å². The molecule has 36 heavy (non-hydrogen) atoms. The van der Waals surface area contributed by atoms with Crippen molar-refractivity contribution >= 4 is 52.4 Å². The number of para-hydroxylation sites is 1. The lowest BCUT2D eigenvalue weighted by Gasteiger charge is -2.15. The molecule has 0 N–H and O–H groups in total. The number of anilines is 1. The molecule has 1 saturated heterocycles. The molecule has 1 aliphatic rings. The molecule has 0 aliphatic carbocycles. The number of carbonyl (C=O) groups is 1. The number of carbonyl (C=O) groups excluding carboxylic acids is 1. The fourth-order valence-corrected chi connectivity index (χ4v) is 4.70. The average molecular weight is 494 g/mol. The Morgan fingerprint density at radius 3 is 2.31 bits per heavy atom. The van der Waals surface area contributed by atoms with Crippen molar-refractivity contribution in [1.82, 2.24) is 5.16 Å². The SMILES string of the molecule is COc1ccc(/C=C/c2onc(C)c2N2C(=O)/C(=C/c3ccccc3)SC2=Nc2ccccc2)cc1. The van der Waals surface area contributed by atoms with Crippen LogP contribution in [0.4, 0.5) is 11.4 Å². The molecular weight excluding hydrogens is 470 g/mol. The molecule has 0 spiro atoms. The van der Waals surface area contributed by atoms with Crippen LogP contribution in [0.5, 0.6) is 5.75 Å². The van der Waals surface area contributed by atoms with E-state index < -0.39 is 0 Å². The van der Waals surface area contributed by atoms with Gasteiger partial charge in [0.25, 0.3) is 5.91 Å². The molecule has 1 fully saturated rings. The van der Waals surface area contributed by atoms with Crippen LogP contribution in [0.3, 0.4) is 0 Å². The summed E-state index contributed by atoms with van der Waals surface area (Å²) in [5.74, 6) is 1.07. The first-order valence-corrected chi connectivity index (χ1v) is 12.2. The normalized spacial score (nSPS) is 15.9. The molecule has 1 amide bonds. The third kappa shape index (κ3) is 5.01. The van der Waals surface area contributed by atoms with E-state index in [2.05, 4.69) is 5.16 Å². The van der Waals surface area contributed by atoms with E-state index in [1.807, 2.05) is 110 Å². The van der Waals surface area contributed by atoms with E-state index in [0.29, 0.717) is 27.2 Å². The minimum absolute atomic E-state index is 0.177. The summed E-state index contributed by atoms with van der Waals surface area (Å²) < 4.78 is 10.9. The Morgan fingerprint density at radius 1 is 0.917 bits per heavy atom. The molecular formula is C29H23N3O3S. The van der Waals surface area contributed by atoms with Gasteiger partial charge < -0.3 is 9.26 Å². The molecule has 5 rings (SSSR count). The number of ether oxygens (including phenoxy) is 1. The minimum atomic E-state index is -0.177. The number of nitrogens with zero attached hydrogens (tertiary/aromatic N) is 3. The number of methoxy groups -OCH3 is 1. The third-order valence-electron chi connectivity index (χ3n) is 5.51. The highest BCUT2D eigenvalue weighted by molar-refractivity contribution is 8.19. The summed E-state index contributed by atoms with van der Waals surface area (Å²) in [6, 6.07) is 27.0. The Balaban J connectivity index is 1.55. The summed E-state index contributed by atoms with van der Waals surface area (Å²) in [7, 11) is 1.63. The number of rotatable bonds is 6. The smallest absolute Gasteiger partial charge is 0.271 e. The third-order valence-corrected chi connectivity index (χ3v) is 6.48. The van der Waals surface area contributed by atoms with Crippen LogP contribution < -0.4 is 9.64 Å². The zero-order chi connectivity index (χ0) is 24.9. The number of aryl methyl sites for hydroxylation is 1. The van der Waals surface area contributed by atoms with Gasteiger partial charge in [-0.15, -0.1) is 0 Å². The Kier molecular flexibility index (Phi) is 6.82. The number of amides is 1. The molecule has 1 aliphatic heterocycles. The molecule has 0 bridgehead atoms. The van der Waals surface area contributed by atoms with Crippen LogP contribution in [0, 0.1) is 6.92 Å². The van der Waals surface area contributed by atoms with Crippen molar-refractivity contribution in [2.75, 3.05) is 12.0 Å². The molecule has 0 unspecified atom stereocenters. The second kappa shape index (κ2) is 10.5. The summed E-state index contributed by atoms with van der Waals surface area (Å²) in [4.78, 5) is 20.7. The Hall–Kier alpha value is -4.36. The van der Waals surface area contributed by atoms with Crippen LogP contribution in [-0.2, 0) is 4.79 Å². The number of hydrogen-bond acceptors (Lipinski definition) is 6. The molecule has 2 heterocycles. The Bertz CT molecular complexity index is 1460. The molecule has 7 heteroatoms. The van der Waals surface area contributed by atoms with E-state index in [0.717, 1.165) is 22.6 Å². The molecule has 0 atom stereocenters. The lowest BCUT2D eigenvalue weighted by molar-refractivity contribution is -0.113. The van der Waals surface area contributed by atoms with Crippen molar-refractivity contribution < 1.29 is 14.1 Å². The van der Waals surface area contributed by atoms with E-state index in [9.17, 15) is 4.79 Å². The van der Waals surface area contributed by atoms with Crippen molar-refractivity contribution in [3.63, 3.8) is 0 Å². The maximum absolute atomic E-state index is 13.7. The zero-order valence-electron chi connectivity index (χ0n) is 19.8. The molecule has 4 aromatic rings. The predicted octanol–water partition coefficient (Wildman–Crippen LogP) is 6.97.